The van der Waals surface area contributed by atoms with Gasteiger partial charge in [0.15, 0.2) is 0 Å². The Balaban J connectivity index is 2.64. The predicted octanol–water partition coefficient (Wildman–Crippen LogP) is 2.39. The molecule has 0 spiro atoms. The summed E-state index contributed by atoms with van der Waals surface area (Å²) < 4.78 is 53.5. The maximum Gasteiger partial charge on any atom is 0.330 e. The molecule has 1 heterocycles. The fourth-order valence-electron chi connectivity index (χ4n) is 1.50. The van der Waals surface area contributed by atoms with E-state index >= 15 is 0 Å². The number of hydrogen-bond donors (Lipinski definition) is 1. The van der Waals surface area contributed by atoms with Gasteiger partial charge in [0.2, 0.25) is 0 Å². The zero-order valence-corrected chi connectivity index (χ0v) is 11.1. The van der Waals surface area contributed by atoms with Crippen LogP contribution in [0, 0.1) is 5.92 Å². The Labute approximate surface area is 113 Å². The second kappa shape index (κ2) is 6.83. The van der Waals surface area contributed by atoms with Crippen LogP contribution in [0.3, 0.4) is 0 Å². The Bertz CT molecular complexity index is 489. The van der Waals surface area contributed by atoms with Crippen molar-refractivity contribution in [3.05, 3.63) is 27.9 Å². The average molecular weight is 296 g/mol. The summed E-state index contributed by atoms with van der Waals surface area (Å²) in [5.74, 6) is -3.91. The van der Waals surface area contributed by atoms with E-state index in [1.165, 1.54) is 6.07 Å². The quantitative estimate of drug-likeness (QED) is 0.786. The molecule has 0 fully saturated rings. The number of halogens is 4. The molecular formula is C12H16F4N2O2. The minimum atomic E-state index is -4.21. The first-order chi connectivity index (χ1) is 9.20. The molecule has 0 saturated carbocycles. The van der Waals surface area contributed by atoms with Gasteiger partial charge in [0.1, 0.15) is 19.0 Å². The molecule has 8 heteroatoms. The van der Waals surface area contributed by atoms with Crippen LogP contribution in [0.5, 0.6) is 0 Å². The Kier molecular flexibility index (Phi) is 5.67. The van der Waals surface area contributed by atoms with E-state index in [4.69, 9.17) is 0 Å². The van der Waals surface area contributed by atoms with E-state index in [2.05, 4.69) is 14.7 Å². The predicted molar refractivity (Wildman–Crippen MR) is 64.0 cm³/mol. The number of aromatic amines is 1. The second-order valence-corrected chi connectivity index (χ2v) is 4.84. The molecule has 0 bridgehead atoms. The summed E-state index contributed by atoms with van der Waals surface area (Å²) in [6.45, 7) is 1.98. The largest absolute Gasteiger partial charge is 0.367 e. The van der Waals surface area contributed by atoms with Crippen molar-refractivity contribution < 1.29 is 22.3 Å². The van der Waals surface area contributed by atoms with E-state index in [1.807, 2.05) is 13.8 Å². The molecule has 1 N–H and O–H groups in total. The molecule has 20 heavy (non-hydrogen) atoms. The molecule has 0 unspecified atom stereocenters. The van der Waals surface area contributed by atoms with E-state index in [0.29, 0.717) is 12.1 Å². The molecule has 1 aromatic rings. The zero-order chi connectivity index (χ0) is 15.3. The maximum atomic E-state index is 12.6. The van der Waals surface area contributed by atoms with Crippen LogP contribution in [0.4, 0.5) is 17.6 Å². The number of hydrogen-bond acceptors (Lipinski definition) is 3. The SMILES string of the molecule is CC(C)Cc1cc(=O)[nH]c(COCC(F)(F)C(F)F)n1. The smallest absolute Gasteiger partial charge is 0.330 e. The summed E-state index contributed by atoms with van der Waals surface area (Å²) in [5, 5.41) is 0. The summed E-state index contributed by atoms with van der Waals surface area (Å²) in [4.78, 5) is 17.7. The van der Waals surface area contributed by atoms with E-state index in [1.54, 1.807) is 0 Å². The zero-order valence-electron chi connectivity index (χ0n) is 11.1. The van der Waals surface area contributed by atoms with Gasteiger partial charge in [0, 0.05) is 11.8 Å². The lowest BCUT2D eigenvalue weighted by atomic mass is 10.1. The third-order valence-electron chi connectivity index (χ3n) is 2.31. The molecule has 4 nitrogen and oxygen atoms in total. The van der Waals surface area contributed by atoms with Gasteiger partial charge in [0.25, 0.3) is 5.56 Å². The van der Waals surface area contributed by atoms with Gasteiger partial charge in [-0.15, -0.1) is 0 Å². The number of ether oxygens (including phenoxy) is 1. The molecule has 0 aliphatic heterocycles. The van der Waals surface area contributed by atoms with Crippen molar-refractivity contribution >= 4 is 0 Å². The van der Waals surface area contributed by atoms with E-state index in [-0.39, 0.29) is 11.7 Å². The molecule has 0 aliphatic carbocycles. The summed E-state index contributed by atoms with van der Waals surface area (Å²) in [7, 11) is 0. The fraction of sp³-hybridized carbons (Fsp3) is 0.667. The molecule has 0 saturated heterocycles. The first-order valence-corrected chi connectivity index (χ1v) is 6.03. The topological polar surface area (TPSA) is 55.0 Å². The maximum absolute atomic E-state index is 12.6. The normalized spacial score (nSPS) is 12.4. The number of rotatable bonds is 7. The summed E-state index contributed by atoms with van der Waals surface area (Å²) in [6.07, 6.45) is -3.24. The van der Waals surface area contributed by atoms with Crippen LogP contribution in [0.15, 0.2) is 10.9 Å². The summed E-state index contributed by atoms with van der Waals surface area (Å²) >= 11 is 0. The molecule has 0 aliphatic rings. The second-order valence-electron chi connectivity index (χ2n) is 4.84. The third kappa shape index (κ3) is 5.28. The van der Waals surface area contributed by atoms with Crippen molar-refractivity contribution in [3.8, 4) is 0 Å². The van der Waals surface area contributed by atoms with Crippen molar-refractivity contribution in [2.75, 3.05) is 6.61 Å². The molecule has 1 rings (SSSR count). The number of aromatic nitrogens is 2. The number of H-pyrrole nitrogens is 1. The van der Waals surface area contributed by atoms with E-state index in [0.717, 1.165) is 0 Å². The Morgan fingerprint density at radius 1 is 1.40 bits per heavy atom. The molecule has 0 aromatic carbocycles. The van der Waals surface area contributed by atoms with Crippen LogP contribution in [-0.2, 0) is 17.8 Å². The number of nitrogens with zero attached hydrogens (tertiary/aromatic N) is 1. The minimum Gasteiger partial charge on any atom is -0.367 e. The highest BCUT2D eigenvalue weighted by Gasteiger charge is 2.40. The van der Waals surface area contributed by atoms with Crippen molar-refractivity contribution in [2.24, 2.45) is 5.92 Å². The van der Waals surface area contributed by atoms with Gasteiger partial charge in [-0.1, -0.05) is 13.8 Å². The lowest BCUT2D eigenvalue weighted by Crippen LogP contribution is -2.32. The van der Waals surface area contributed by atoms with E-state index in [9.17, 15) is 22.4 Å². The van der Waals surface area contributed by atoms with Gasteiger partial charge in [-0.05, 0) is 12.3 Å². The van der Waals surface area contributed by atoms with Crippen LogP contribution in [0.1, 0.15) is 25.4 Å². The summed E-state index contributed by atoms with van der Waals surface area (Å²) in [6, 6.07) is 1.30. The highest BCUT2D eigenvalue weighted by molar-refractivity contribution is 5.03. The van der Waals surface area contributed by atoms with Crippen LogP contribution in [-0.4, -0.2) is 28.9 Å². The number of nitrogens with one attached hydrogen (secondary N) is 1. The van der Waals surface area contributed by atoms with Gasteiger partial charge in [-0.2, -0.15) is 8.78 Å². The molecule has 1 aromatic heterocycles. The van der Waals surface area contributed by atoms with Gasteiger partial charge < -0.3 is 9.72 Å². The first-order valence-electron chi connectivity index (χ1n) is 6.03. The van der Waals surface area contributed by atoms with Crippen LogP contribution in [0.2, 0.25) is 0 Å². The Morgan fingerprint density at radius 2 is 2.05 bits per heavy atom. The van der Waals surface area contributed by atoms with Crippen molar-refractivity contribution in [3.63, 3.8) is 0 Å². The van der Waals surface area contributed by atoms with Crippen LogP contribution < -0.4 is 5.56 Å². The summed E-state index contributed by atoms with van der Waals surface area (Å²) in [5.41, 5.74) is 0.0674. The lowest BCUT2D eigenvalue weighted by molar-refractivity contribution is -0.168. The van der Waals surface area contributed by atoms with Crippen molar-refractivity contribution in [2.45, 2.75) is 39.2 Å². The highest BCUT2D eigenvalue weighted by atomic mass is 19.3. The standard InChI is InChI=1S/C12H16F4N2O2/c1-7(2)3-8-4-10(19)18-9(17-8)5-20-6-12(15,16)11(13)14/h4,7,11H,3,5-6H2,1-2H3,(H,17,18,19). The minimum absolute atomic E-state index is 0.0400. The molecular weight excluding hydrogens is 280 g/mol. The van der Waals surface area contributed by atoms with Crippen LogP contribution >= 0.6 is 0 Å². The van der Waals surface area contributed by atoms with E-state index < -0.39 is 31.1 Å². The Hall–Kier alpha value is -1.44. The van der Waals surface area contributed by atoms with Gasteiger partial charge in [-0.3, -0.25) is 4.79 Å². The van der Waals surface area contributed by atoms with Crippen molar-refractivity contribution in [1.29, 1.82) is 0 Å². The van der Waals surface area contributed by atoms with Gasteiger partial charge in [0.05, 0.1) is 0 Å². The molecule has 0 atom stereocenters. The Morgan fingerprint density at radius 3 is 2.60 bits per heavy atom. The highest BCUT2D eigenvalue weighted by Crippen LogP contribution is 2.23. The van der Waals surface area contributed by atoms with Crippen molar-refractivity contribution in [1.82, 2.24) is 9.97 Å². The monoisotopic (exact) mass is 296 g/mol. The fourth-order valence-corrected chi connectivity index (χ4v) is 1.50. The molecule has 0 radical (unpaired) electrons. The number of alkyl halides is 4. The van der Waals surface area contributed by atoms with Crippen LogP contribution in [0.25, 0.3) is 0 Å². The lowest BCUT2D eigenvalue weighted by Gasteiger charge is -2.15. The van der Waals surface area contributed by atoms with Gasteiger partial charge >= 0.3 is 12.3 Å². The van der Waals surface area contributed by atoms with Gasteiger partial charge in [-0.25, -0.2) is 13.8 Å². The third-order valence-corrected chi connectivity index (χ3v) is 2.31. The molecule has 0 amide bonds. The average Bonchev–Trinajstić information content (AvgIpc) is 2.26. The first kappa shape index (κ1) is 16.6. The molecule has 114 valence electrons.